The van der Waals surface area contributed by atoms with Gasteiger partial charge in [-0.15, -0.1) is 0 Å². The third-order valence-corrected chi connectivity index (χ3v) is 3.99. The molecule has 0 aromatic heterocycles. The minimum atomic E-state index is -0.0998. The zero-order chi connectivity index (χ0) is 13.1. The molecule has 1 fully saturated rings. The SMILES string of the molecule is O=C(NCC1CCOC1)[C@@H]1Cc2ccccc2CN1. The van der Waals surface area contributed by atoms with Gasteiger partial charge in [0.05, 0.1) is 12.6 Å². The molecule has 0 spiro atoms. The number of hydrogen-bond donors (Lipinski definition) is 2. The van der Waals surface area contributed by atoms with E-state index in [1.807, 2.05) is 12.1 Å². The van der Waals surface area contributed by atoms with Gasteiger partial charge in [0.2, 0.25) is 5.91 Å². The van der Waals surface area contributed by atoms with E-state index in [1.165, 1.54) is 11.1 Å². The van der Waals surface area contributed by atoms with E-state index in [-0.39, 0.29) is 11.9 Å². The molecule has 4 nitrogen and oxygen atoms in total. The van der Waals surface area contributed by atoms with Crippen LogP contribution in [0.1, 0.15) is 17.5 Å². The zero-order valence-electron chi connectivity index (χ0n) is 11.0. The third-order valence-electron chi connectivity index (χ3n) is 3.99. The summed E-state index contributed by atoms with van der Waals surface area (Å²) in [4.78, 5) is 12.2. The smallest absolute Gasteiger partial charge is 0.237 e. The molecule has 0 bridgehead atoms. The Morgan fingerprint density at radius 3 is 3.00 bits per heavy atom. The van der Waals surface area contributed by atoms with Crippen LogP contribution in [0.2, 0.25) is 0 Å². The summed E-state index contributed by atoms with van der Waals surface area (Å²) in [5, 5.41) is 6.35. The second-order valence-electron chi connectivity index (χ2n) is 5.38. The molecule has 2 atom stereocenters. The predicted octanol–water partition coefficient (Wildman–Crippen LogP) is 0.854. The Morgan fingerprint density at radius 1 is 1.37 bits per heavy atom. The fourth-order valence-corrected chi connectivity index (χ4v) is 2.75. The largest absolute Gasteiger partial charge is 0.381 e. The van der Waals surface area contributed by atoms with Crippen molar-refractivity contribution in [3.05, 3.63) is 35.4 Å². The average molecular weight is 260 g/mol. The van der Waals surface area contributed by atoms with Crippen LogP contribution in [-0.2, 0) is 22.5 Å². The molecule has 2 N–H and O–H groups in total. The number of carbonyl (C=O) groups excluding carboxylic acids is 1. The van der Waals surface area contributed by atoms with Gasteiger partial charge in [-0.25, -0.2) is 0 Å². The molecule has 2 aliphatic heterocycles. The highest BCUT2D eigenvalue weighted by molar-refractivity contribution is 5.82. The molecule has 1 aromatic rings. The van der Waals surface area contributed by atoms with E-state index in [4.69, 9.17) is 4.74 Å². The summed E-state index contributed by atoms with van der Waals surface area (Å²) in [7, 11) is 0. The molecule has 0 aliphatic carbocycles. The lowest BCUT2D eigenvalue weighted by Gasteiger charge is -2.25. The van der Waals surface area contributed by atoms with E-state index in [0.29, 0.717) is 5.92 Å². The number of amides is 1. The molecule has 1 unspecified atom stereocenters. The van der Waals surface area contributed by atoms with Gasteiger partial charge >= 0.3 is 0 Å². The lowest BCUT2D eigenvalue weighted by atomic mass is 9.95. The van der Waals surface area contributed by atoms with Gasteiger partial charge in [-0.05, 0) is 24.0 Å². The quantitative estimate of drug-likeness (QED) is 0.847. The molecule has 3 rings (SSSR count). The second-order valence-corrected chi connectivity index (χ2v) is 5.38. The van der Waals surface area contributed by atoms with Gasteiger partial charge in [-0.1, -0.05) is 24.3 Å². The van der Waals surface area contributed by atoms with E-state index in [9.17, 15) is 4.79 Å². The van der Waals surface area contributed by atoms with E-state index in [0.717, 1.165) is 39.1 Å². The normalized spacial score (nSPS) is 25.9. The highest BCUT2D eigenvalue weighted by atomic mass is 16.5. The van der Waals surface area contributed by atoms with Crippen LogP contribution in [0.3, 0.4) is 0 Å². The molecule has 2 aliphatic rings. The topological polar surface area (TPSA) is 50.4 Å². The van der Waals surface area contributed by atoms with Crippen LogP contribution >= 0.6 is 0 Å². The average Bonchev–Trinajstić information content (AvgIpc) is 2.97. The van der Waals surface area contributed by atoms with Crippen molar-refractivity contribution in [2.75, 3.05) is 19.8 Å². The molecule has 102 valence electrons. The van der Waals surface area contributed by atoms with Gasteiger partial charge in [0, 0.05) is 25.6 Å². The van der Waals surface area contributed by atoms with E-state index in [1.54, 1.807) is 0 Å². The first-order valence-electron chi connectivity index (χ1n) is 6.98. The Hall–Kier alpha value is -1.39. The van der Waals surface area contributed by atoms with Crippen LogP contribution in [0.25, 0.3) is 0 Å². The van der Waals surface area contributed by atoms with Crippen LogP contribution < -0.4 is 10.6 Å². The number of fused-ring (bicyclic) bond motifs is 1. The Balaban J connectivity index is 1.54. The van der Waals surface area contributed by atoms with Gasteiger partial charge in [0.25, 0.3) is 0 Å². The highest BCUT2D eigenvalue weighted by Gasteiger charge is 2.24. The van der Waals surface area contributed by atoms with Crippen LogP contribution in [-0.4, -0.2) is 31.7 Å². The molecule has 19 heavy (non-hydrogen) atoms. The van der Waals surface area contributed by atoms with E-state index < -0.39 is 0 Å². The number of rotatable bonds is 3. The number of ether oxygens (including phenoxy) is 1. The van der Waals surface area contributed by atoms with Crippen molar-refractivity contribution in [2.24, 2.45) is 5.92 Å². The summed E-state index contributed by atoms with van der Waals surface area (Å²) >= 11 is 0. The van der Waals surface area contributed by atoms with Crippen molar-refractivity contribution < 1.29 is 9.53 Å². The van der Waals surface area contributed by atoms with Crippen LogP contribution in [0.5, 0.6) is 0 Å². The van der Waals surface area contributed by atoms with E-state index in [2.05, 4.69) is 22.8 Å². The molecule has 1 amide bonds. The second kappa shape index (κ2) is 5.72. The number of nitrogens with one attached hydrogen (secondary N) is 2. The number of hydrogen-bond acceptors (Lipinski definition) is 3. The molecule has 1 aromatic carbocycles. The summed E-state index contributed by atoms with van der Waals surface area (Å²) < 4.78 is 5.31. The molecule has 1 saturated heterocycles. The summed E-state index contributed by atoms with van der Waals surface area (Å²) in [6.07, 6.45) is 1.84. The maximum Gasteiger partial charge on any atom is 0.237 e. The summed E-state index contributed by atoms with van der Waals surface area (Å²) in [6, 6.07) is 8.21. The molecular weight excluding hydrogens is 240 g/mol. The van der Waals surface area contributed by atoms with Crippen LogP contribution in [0.4, 0.5) is 0 Å². The minimum absolute atomic E-state index is 0.0998. The van der Waals surface area contributed by atoms with Crippen LogP contribution in [0.15, 0.2) is 24.3 Å². The van der Waals surface area contributed by atoms with Crippen molar-refractivity contribution >= 4 is 5.91 Å². The lowest BCUT2D eigenvalue weighted by molar-refractivity contribution is -0.123. The Morgan fingerprint density at radius 2 is 2.21 bits per heavy atom. The molecular formula is C15H20N2O2. The molecule has 2 heterocycles. The van der Waals surface area contributed by atoms with Gasteiger partial charge in [-0.2, -0.15) is 0 Å². The Kier molecular flexibility index (Phi) is 3.80. The maximum absolute atomic E-state index is 12.2. The summed E-state index contributed by atoms with van der Waals surface area (Å²) in [6.45, 7) is 3.12. The van der Waals surface area contributed by atoms with Crippen molar-refractivity contribution in [1.29, 1.82) is 0 Å². The third kappa shape index (κ3) is 2.96. The number of carbonyl (C=O) groups is 1. The van der Waals surface area contributed by atoms with Gasteiger partial charge in [0.1, 0.15) is 0 Å². The van der Waals surface area contributed by atoms with Gasteiger partial charge in [-0.3, -0.25) is 4.79 Å². The fourth-order valence-electron chi connectivity index (χ4n) is 2.75. The first-order chi connectivity index (χ1) is 9.33. The minimum Gasteiger partial charge on any atom is -0.381 e. The fraction of sp³-hybridized carbons (Fsp3) is 0.533. The van der Waals surface area contributed by atoms with Crippen molar-refractivity contribution in [2.45, 2.75) is 25.4 Å². The maximum atomic E-state index is 12.2. The predicted molar refractivity (Wildman–Crippen MR) is 72.7 cm³/mol. The first kappa shape index (κ1) is 12.6. The first-order valence-corrected chi connectivity index (χ1v) is 6.98. The standard InChI is InChI=1S/C15H20N2O2/c18-15(17-8-11-5-6-19-10-11)14-7-12-3-1-2-4-13(12)9-16-14/h1-4,11,14,16H,5-10H2,(H,17,18)/t11?,14-/m0/s1. The monoisotopic (exact) mass is 260 g/mol. The molecule has 0 saturated carbocycles. The Bertz CT molecular complexity index is 455. The number of benzene rings is 1. The summed E-state index contributed by atoms with van der Waals surface area (Å²) in [5.74, 6) is 0.598. The van der Waals surface area contributed by atoms with Crippen molar-refractivity contribution in [1.82, 2.24) is 10.6 Å². The molecule has 0 radical (unpaired) electrons. The zero-order valence-corrected chi connectivity index (χ0v) is 11.0. The van der Waals surface area contributed by atoms with E-state index >= 15 is 0 Å². The van der Waals surface area contributed by atoms with Gasteiger partial charge < -0.3 is 15.4 Å². The van der Waals surface area contributed by atoms with Crippen molar-refractivity contribution in [3.63, 3.8) is 0 Å². The Labute approximate surface area is 113 Å². The van der Waals surface area contributed by atoms with Crippen LogP contribution in [0, 0.1) is 5.92 Å². The van der Waals surface area contributed by atoms with Crippen molar-refractivity contribution in [3.8, 4) is 0 Å². The highest BCUT2D eigenvalue weighted by Crippen LogP contribution is 2.16. The summed E-state index contributed by atoms with van der Waals surface area (Å²) in [5.41, 5.74) is 2.58. The lowest BCUT2D eigenvalue weighted by Crippen LogP contribution is -2.48. The van der Waals surface area contributed by atoms with Gasteiger partial charge in [0.15, 0.2) is 0 Å². The molecule has 4 heteroatoms.